The van der Waals surface area contributed by atoms with E-state index in [-0.39, 0.29) is 17.7 Å². The predicted molar refractivity (Wildman–Crippen MR) is 148 cm³/mol. The fourth-order valence-corrected chi connectivity index (χ4v) is 5.47. The highest BCUT2D eigenvalue weighted by Crippen LogP contribution is 2.40. The fraction of sp³-hybridized carbons (Fsp3) is 0.233. The molecule has 2 fully saturated rings. The Hall–Kier alpha value is -4.10. The first-order valence-electron chi connectivity index (χ1n) is 12.7. The summed E-state index contributed by atoms with van der Waals surface area (Å²) in [6.45, 7) is 4.91. The topological polar surface area (TPSA) is 88.1 Å². The number of nitrogens with one attached hydrogen (secondary N) is 1. The third-order valence-electron chi connectivity index (χ3n) is 7.37. The Labute approximate surface area is 225 Å². The number of fused-ring (bicyclic) bond motifs is 1. The molecule has 1 saturated heterocycles. The Balaban J connectivity index is 1.29. The third-order valence-corrected chi connectivity index (χ3v) is 7.68. The van der Waals surface area contributed by atoms with E-state index >= 15 is 0 Å². The van der Waals surface area contributed by atoms with Gasteiger partial charge in [0.05, 0.1) is 16.1 Å². The van der Waals surface area contributed by atoms with Crippen molar-refractivity contribution in [3.8, 4) is 11.1 Å². The molecule has 8 heteroatoms. The lowest BCUT2D eigenvalue weighted by Crippen LogP contribution is -2.26. The molecule has 2 amide bonds. The smallest absolute Gasteiger partial charge is 0.258 e. The van der Waals surface area contributed by atoms with Crippen LogP contribution >= 0.6 is 11.6 Å². The minimum atomic E-state index is -0.299. The second kappa shape index (κ2) is 9.99. The number of amides is 2. The maximum atomic E-state index is 13.0. The largest absolute Gasteiger partial charge is 0.339 e. The van der Waals surface area contributed by atoms with Crippen LogP contribution in [-0.2, 0) is 4.79 Å². The van der Waals surface area contributed by atoms with E-state index in [4.69, 9.17) is 11.6 Å². The van der Waals surface area contributed by atoms with E-state index in [0.29, 0.717) is 35.4 Å². The number of rotatable bonds is 6. The maximum Gasteiger partial charge on any atom is 0.258 e. The lowest BCUT2D eigenvalue weighted by molar-refractivity contribution is -0.125. The monoisotopic (exact) mass is 523 g/mol. The van der Waals surface area contributed by atoms with Gasteiger partial charge in [-0.3, -0.25) is 9.59 Å². The summed E-state index contributed by atoms with van der Waals surface area (Å²) >= 11 is 6.63. The van der Waals surface area contributed by atoms with Crippen molar-refractivity contribution in [1.29, 1.82) is 0 Å². The Bertz CT molecular complexity index is 1580. The number of nitrogens with zero attached hydrogens (tertiary/aromatic N) is 4. The van der Waals surface area contributed by atoms with Gasteiger partial charge in [-0.25, -0.2) is 15.0 Å². The van der Waals surface area contributed by atoms with Crippen LogP contribution in [-0.4, -0.2) is 44.8 Å². The van der Waals surface area contributed by atoms with Gasteiger partial charge in [-0.05, 0) is 89.9 Å². The first-order chi connectivity index (χ1) is 18.5. The highest BCUT2D eigenvalue weighted by molar-refractivity contribution is 6.34. The lowest BCUT2D eigenvalue weighted by Gasteiger charge is -2.17. The molecule has 1 N–H and O–H groups in total. The van der Waals surface area contributed by atoms with E-state index in [2.05, 4.69) is 32.9 Å². The van der Waals surface area contributed by atoms with Crippen LogP contribution < -0.4 is 5.32 Å². The number of anilines is 1. The number of carbonyl (C=O) groups excluding carboxylic acids is 2. The van der Waals surface area contributed by atoms with E-state index in [1.54, 1.807) is 30.9 Å². The van der Waals surface area contributed by atoms with E-state index in [1.165, 1.54) is 24.5 Å². The van der Waals surface area contributed by atoms with Gasteiger partial charge in [0.15, 0.2) is 0 Å². The van der Waals surface area contributed by atoms with Gasteiger partial charge in [0.25, 0.3) is 5.91 Å². The molecule has 1 atom stereocenters. The number of carbonyl (C=O) groups is 2. The highest BCUT2D eigenvalue weighted by Gasteiger charge is 2.28. The van der Waals surface area contributed by atoms with Crippen molar-refractivity contribution in [2.75, 3.05) is 18.4 Å². The summed E-state index contributed by atoms with van der Waals surface area (Å²) in [7, 11) is 0. The van der Waals surface area contributed by atoms with Crippen LogP contribution in [0.2, 0.25) is 5.02 Å². The quantitative estimate of drug-likeness (QED) is 0.314. The SMILES string of the molecule is C=CC(=O)N1CCC(c2cc(-c3ccc(C(=O)Nc4cc(C5CC5)ccn4)c(Cl)c3)cc3cncnc23)C1. The molecule has 1 aliphatic carbocycles. The van der Waals surface area contributed by atoms with Gasteiger partial charge < -0.3 is 10.2 Å². The minimum absolute atomic E-state index is 0.0577. The molecule has 38 heavy (non-hydrogen) atoms. The van der Waals surface area contributed by atoms with Gasteiger partial charge >= 0.3 is 0 Å². The zero-order valence-electron chi connectivity index (χ0n) is 20.7. The van der Waals surface area contributed by atoms with E-state index in [1.807, 2.05) is 29.2 Å². The normalized spacial score (nSPS) is 17.0. The zero-order chi connectivity index (χ0) is 26.2. The Kier molecular flexibility index (Phi) is 6.37. The maximum absolute atomic E-state index is 13.0. The summed E-state index contributed by atoms with van der Waals surface area (Å²) in [6, 6.07) is 13.5. The second-order valence-electron chi connectivity index (χ2n) is 9.90. The van der Waals surface area contributed by atoms with E-state index in [0.717, 1.165) is 34.0 Å². The predicted octanol–water partition coefficient (Wildman–Crippen LogP) is 5.98. The molecule has 0 bridgehead atoms. The molecule has 0 radical (unpaired) electrons. The molecule has 3 heterocycles. The number of hydrogen-bond acceptors (Lipinski definition) is 5. The molecule has 1 unspecified atom stereocenters. The average molecular weight is 524 g/mol. The van der Waals surface area contributed by atoms with Crippen molar-refractivity contribution in [2.24, 2.45) is 0 Å². The molecule has 1 saturated carbocycles. The lowest BCUT2D eigenvalue weighted by atomic mass is 9.91. The minimum Gasteiger partial charge on any atom is -0.339 e. The van der Waals surface area contributed by atoms with Crippen LogP contribution in [0.15, 0.2) is 73.8 Å². The van der Waals surface area contributed by atoms with Crippen molar-refractivity contribution >= 4 is 40.1 Å². The number of aromatic nitrogens is 3. The van der Waals surface area contributed by atoms with Gasteiger partial charge in [0.2, 0.25) is 5.91 Å². The Morgan fingerprint density at radius 2 is 1.89 bits per heavy atom. The number of halogens is 1. The number of hydrogen-bond donors (Lipinski definition) is 1. The van der Waals surface area contributed by atoms with Crippen LogP contribution in [0, 0.1) is 0 Å². The molecular weight excluding hydrogens is 498 g/mol. The molecular formula is C30H26ClN5O2. The van der Waals surface area contributed by atoms with Gasteiger partial charge in [0.1, 0.15) is 12.1 Å². The molecule has 1 aliphatic heterocycles. The number of pyridine rings is 1. The Morgan fingerprint density at radius 3 is 2.68 bits per heavy atom. The van der Waals surface area contributed by atoms with Gasteiger partial charge in [-0.2, -0.15) is 0 Å². The molecule has 190 valence electrons. The van der Waals surface area contributed by atoms with E-state index < -0.39 is 0 Å². The van der Waals surface area contributed by atoms with Crippen LogP contribution in [0.4, 0.5) is 5.82 Å². The van der Waals surface area contributed by atoms with Crippen molar-refractivity contribution in [3.05, 3.63) is 95.6 Å². The first-order valence-corrected chi connectivity index (χ1v) is 13.1. The van der Waals surface area contributed by atoms with Gasteiger partial charge in [-0.15, -0.1) is 0 Å². The molecule has 6 rings (SSSR count). The second-order valence-corrected chi connectivity index (χ2v) is 10.3. The summed E-state index contributed by atoms with van der Waals surface area (Å²) in [5.74, 6) is 0.892. The van der Waals surface area contributed by atoms with Crippen molar-refractivity contribution in [2.45, 2.75) is 31.1 Å². The summed E-state index contributed by atoms with van der Waals surface area (Å²) in [5, 5.41) is 4.14. The zero-order valence-corrected chi connectivity index (χ0v) is 21.5. The van der Waals surface area contributed by atoms with Crippen LogP contribution in [0.5, 0.6) is 0 Å². The third kappa shape index (κ3) is 4.77. The van der Waals surface area contributed by atoms with Crippen LogP contribution in [0.25, 0.3) is 22.0 Å². The molecule has 2 aromatic heterocycles. The van der Waals surface area contributed by atoms with Crippen LogP contribution in [0.3, 0.4) is 0 Å². The van der Waals surface area contributed by atoms with Crippen molar-refractivity contribution in [3.63, 3.8) is 0 Å². The van der Waals surface area contributed by atoms with Crippen molar-refractivity contribution < 1.29 is 9.59 Å². The fourth-order valence-electron chi connectivity index (χ4n) is 5.20. The molecule has 2 aromatic carbocycles. The first kappa shape index (κ1) is 24.2. The van der Waals surface area contributed by atoms with Gasteiger partial charge in [-0.1, -0.05) is 24.2 Å². The van der Waals surface area contributed by atoms with Gasteiger partial charge in [0, 0.05) is 36.8 Å². The van der Waals surface area contributed by atoms with E-state index in [9.17, 15) is 9.59 Å². The summed E-state index contributed by atoms with van der Waals surface area (Å²) in [6.07, 6.45) is 9.64. The highest BCUT2D eigenvalue weighted by atomic mass is 35.5. The molecule has 7 nitrogen and oxygen atoms in total. The Morgan fingerprint density at radius 1 is 1.03 bits per heavy atom. The summed E-state index contributed by atoms with van der Waals surface area (Å²) in [4.78, 5) is 40.0. The molecule has 0 spiro atoms. The average Bonchev–Trinajstić information content (AvgIpc) is 3.68. The summed E-state index contributed by atoms with van der Waals surface area (Å²) < 4.78 is 0. The summed E-state index contributed by atoms with van der Waals surface area (Å²) in [5.41, 5.74) is 5.36. The molecule has 4 aromatic rings. The standard InChI is InChI=1S/C30H26ClN5O2/c1-2-28(37)36-10-8-21(16-36)25-12-22(11-23-15-32-17-34-29(23)25)19-5-6-24(26(31)13-19)30(38)35-27-14-20(7-9-33-27)18-3-4-18/h2,5-7,9,11-15,17-18,21H,1,3-4,8,10,16H2,(H,33,35,38). The number of likely N-dealkylation sites (tertiary alicyclic amines) is 1. The van der Waals surface area contributed by atoms with Crippen LogP contribution in [0.1, 0.15) is 52.6 Å². The molecule has 2 aliphatic rings. The number of benzene rings is 2. The van der Waals surface area contributed by atoms with Crippen molar-refractivity contribution in [1.82, 2.24) is 19.9 Å².